The Morgan fingerprint density at radius 1 is 1.47 bits per heavy atom. The lowest BCUT2D eigenvalue weighted by Crippen LogP contribution is -2.19. The first kappa shape index (κ1) is 13.0. The molecule has 19 heavy (non-hydrogen) atoms. The Labute approximate surface area is 109 Å². The molecule has 7 heteroatoms. The van der Waals surface area contributed by atoms with Crippen molar-refractivity contribution in [3.05, 3.63) is 35.7 Å². The van der Waals surface area contributed by atoms with Gasteiger partial charge in [-0.05, 0) is 23.4 Å². The number of methoxy groups -OCH3 is 1. The molecule has 1 unspecified atom stereocenters. The van der Waals surface area contributed by atoms with Crippen LogP contribution in [0.1, 0.15) is 24.4 Å². The summed E-state index contributed by atoms with van der Waals surface area (Å²) in [6.45, 7) is 1.53. The lowest BCUT2D eigenvalue weighted by atomic mass is 10.1. The third kappa shape index (κ3) is 2.70. The maximum Gasteiger partial charge on any atom is 0.328 e. The second-order valence-corrected chi connectivity index (χ2v) is 4.04. The smallest absolute Gasteiger partial charge is 0.328 e. The van der Waals surface area contributed by atoms with E-state index >= 15 is 0 Å². The SMILES string of the molecule is COc1ccccc1Cc1nnnn1C(C)C(=O)O. The van der Waals surface area contributed by atoms with Gasteiger partial charge in [0.15, 0.2) is 5.82 Å². The van der Waals surface area contributed by atoms with E-state index < -0.39 is 12.0 Å². The Morgan fingerprint density at radius 2 is 2.21 bits per heavy atom. The zero-order chi connectivity index (χ0) is 13.8. The fourth-order valence-corrected chi connectivity index (χ4v) is 1.75. The molecule has 100 valence electrons. The Bertz CT molecular complexity index is 582. The third-order valence-electron chi connectivity index (χ3n) is 2.83. The van der Waals surface area contributed by atoms with Gasteiger partial charge in [-0.25, -0.2) is 9.48 Å². The number of nitrogens with zero attached hydrogens (tertiary/aromatic N) is 4. The van der Waals surface area contributed by atoms with Crippen LogP contribution in [0.5, 0.6) is 5.75 Å². The van der Waals surface area contributed by atoms with Crippen LogP contribution in [0.4, 0.5) is 0 Å². The van der Waals surface area contributed by atoms with Crippen molar-refractivity contribution in [2.75, 3.05) is 7.11 Å². The minimum atomic E-state index is -0.978. The Kier molecular flexibility index (Phi) is 3.74. The second-order valence-electron chi connectivity index (χ2n) is 4.04. The van der Waals surface area contributed by atoms with Crippen LogP contribution in [0.15, 0.2) is 24.3 Å². The molecule has 2 rings (SSSR count). The van der Waals surface area contributed by atoms with Crippen molar-refractivity contribution in [1.29, 1.82) is 0 Å². The van der Waals surface area contributed by atoms with E-state index in [1.165, 1.54) is 11.6 Å². The van der Waals surface area contributed by atoms with Crippen LogP contribution in [0.3, 0.4) is 0 Å². The first-order valence-corrected chi connectivity index (χ1v) is 5.75. The Hall–Kier alpha value is -2.44. The molecular formula is C12H14N4O3. The van der Waals surface area contributed by atoms with Gasteiger partial charge in [0.25, 0.3) is 0 Å². The number of aromatic nitrogens is 4. The standard InChI is InChI=1S/C12H14N4O3/c1-8(12(17)18)16-11(13-14-15-16)7-9-5-3-4-6-10(9)19-2/h3-6,8H,7H2,1-2H3,(H,17,18). The fraction of sp³-hybridized carbons (Fsp3) is 0.333. The summed E-state index contributed by atoms with van der Waals surface area (Å²) >= 11 is 0. The molecule has 7 nitrogen and oxygen atoms in total. The molecule has 0 amide bonds. The van der Waals surface area contributed by atoms with Gasteiger partial charge in [-0.1, -0.05) is 18.2 Å². The molecule has 0 aliphatic rings. The van der Waals surface area contributed by atoms with Crippen LogP contribution in [0.2, 0.25) is 0 Å². The van der Waals surface area contributed by atoms with E-state index in [1.807, 2.05) is 24.3 Å². The molecule has 0 saturated heterocycles. The minimum absolute atomic E-state index is 0.411. The molecule has 0 bridgehead atoms. The quantitative estimate of drug-likeness (QED) is 0.861. The highest BCUT2D eigenvalue weighted by Gasteiger charge is 2.19. The number of carbonyl (C=O) groups is 1. The highest BCUT2D eigenvalue weighted by Crippen LogP contribution is 2.20. The number of rotatable bonds is 5. The number of tetrazole rings is 1. The monoisotopic (exact) mass is 262 g/mol. The number of hydrogen-bond donors (Lipinski definition) is 1. The number of ether oxygens (including phenoxy) is 1. The fourth-order valence-electron chi connectivity index (χ4n) is 1.75. The molecule has 1 aromatic heterocycles. The van der Waals surface area contributed by atoms with Gasteiger partial charge >= 0.3 is 5.97 Å². The van der Waals surface area contributed by atoms with Crippen LogP contribution in [0.25, 0.3) is 0 Å². The van der Waals surface area contributed by atoms with Crippen molar-refractivity contribution < 1.29 is 14.6 Å². The van der Waals surface area contributed by atoms with E-state index in [2.05, 4.69) is 15.5 Å². The van der Waals surface area contributed by atoms with Crippen LogP contribution in [-0.2, 0) is 11.2 Å². The highest BCUT2D eigenvalue weighted by molar-refractivity contribution is 5.71. The maximum absolute atomic E-state index is 11.0. The van der Waals surface area contributed by atoms with E-state index in [0.717, 1.165) is 11.3 Å². The Morgan fingerprint density at radius 3 is 2.89 bits per heavy atom. The van der Waals surface area contributed by atoms with E-state index in [1.54, 1.807) is 7.11 Å². The summed E-state index contributed by atoms with van der Waals surface area (Å²) in [5, 5.41) is 20.1. The van der Waals surface area contributed by atoms with Crippen molar-refractivity contribution >= 4 is 5.97 Å². The van der Waals surface area contributed by atoms with Gasteiger partial charge < -0.3 is 9.84 Å². The molecule has 1 aromatic carbocycles. The predicted molar refractivity (Wildman–Crippen MR) is 66.0 cm³/mol. The minimum Gasteiger partial charge on any atom is -0.496 e. The van der Waals surface area contributed by atoms with E-state index in [0.29, 0.717) is 12.2 Å². The first-order chi connectivity index (χ1) is 9.13. The van der Waals surface area contributed by atoms with Gasteiger partial charge in [0, 0.05) is 12.0 Å². The molecule has 2 aromatic rings. The zero-order valence-electron chi connectivity index (χ0n) is 10.6. The molecular weight excluding hydrogens is 248 g/mol. The van der Waals surface area contributed by atoms with Crippen molar-refractivity contribution in [2.45, 2.75) is 19.4 Å². The summed E-state index contributed by atoms with van der Waals surface area (Å²) < 4.78 is 6.55. The van der Waals surface area contributed by atoms with E-state index in [4.69, 9.17) is 9.84 Å². The van der Waals surface area contributed by atoms with Crippen LogP contribution in [-0.4, -0.2) is 38.4 Å². The van der Waals surface area contributed by atoms with Crippen LogP contribution >= 0.6 is 0 Å². The number of carboxylic acid groups (broad SMARTS) is 1. The average molecular weight is 262 g/mol. The molecule has 0 spiro atoms. The summed E-state index contributed by atoms with van der Waals surface area (Å²) in [4.78, 5) is 11.0. The van der Waals surface area contributed by atoms with Crippen molar-refractivity contribution in [2.24, 2.45) is 0 Å². The van der Waals surface area contributed by atoms with Gasteiger partial charge in [-0.2, -0.15) is 0 Å². The normalized spacial score (nSPS) is 12.1. The van der Waals surface area contributed by atoms with Gasteiger partial charge in [-0.3, -0.25) is 0 Å². The molecule has 0 saturated carbocycles. The molecule has 0 aliphatic carbocycles. The highest BCUT2D eigenvalue weighted by atomic mass is 16.5. The van der Waals surface area contributed by atoms with Crippen molar-refractivity contribution in [3.8, 4) is 5.75 Å². The molecule has 1 N–H and O–H groups in total. The topological polar surface area (TPSA) is 90.1 Å². The molecule has 1 heterocycles. The summed E-state index contributed by atoms with van der Waals surface area (Å²) in [6.07, 6.45) is 0.411. The van der Waals surface area contributed by atoms with Gasteiger partial charge in [0.1, 0.15) is 11.8 Å². The summed E-state index contributed by atoms with van der Waals surface area (Å²) in [5.41, 5.74) is 0.902. The van der Waals surface area contributed by atoms with Gasteiger partial charge in [-0.15, -0.1) is 5.10 Å². The summed E-state index contributed by atoms with van der Waals surface area (Å²) in [5.74, 6) is 0.230. The number of aliphatic carboxylic acids is 1. The molecule has 0 fully saturated rings. The van der Waals surface area contributed by atoms with Crippen molar-refractivity contribution in [3.63, 3.8) is 0 Å². The largest absolute Gasteiger partial charge is 0.496 e. The number of hydrogen-bond acceptors (Lipinski definition) is 5. The van der Waals surface area contributed by atoms with Crippen LogP contribution in [0, 0.1) is 0 Å². The lowest BCUT2D eigenvalue weighted by molar-refractivity contribution is -0.140. The van der Waals surface area contributed by atoms with E-state index in [9.17, 15) is 4.79 Å². The van der Waals surface area contributed by atoms with Crippen LogP contribution < -0.4 is 4.74 Å². The zero-order valence-corrected chi connectivity index (χ0v) is 10.6. The van der Waals surface area contributed by atoms with E-state index in [-0.39, 0.29) is 0 Å². The first-order valence-electron chi connectivity index (χ1n) is 5.75. The predicted octanol–water partition coefficient (Wildman–Crippen LogP) is 0.918. The van der Waals surface area contributed by atoms with Gasteiger partial charge in [0.2, 0.25) is 0 Å². The number of carboxylic acids is 1. The number of para-hydroxylation sites is 1. The molecule has 0 aliphatic heterocycles. The molecule has 1 atom stereocenters. The lowest BCUT2D eigenvalue weighted by Gasteiger charge is -2.10. The summed E-state index contributed by atoms with van der Waals surface area (Å²) in [6, 6.07) is 6.67. The molecule has 0 radical (unpaired) electrons. The number of benzene rings is 1. The average Bonchev–Trinajstić information content (AvgIpc) is 2.86. The third-order valence-corrected chi connectivity index (χ3v) is 2.83. The summed E-state index contributed by atoms with van der Waals surface area (Å²) in [7, 11) is 1.59. The van der Waals surface area contributed by atoms with Crippen molar-refractivity contribution in [1.82, 2.24) is 20.2 Å². The Balaban J connectivity index is 2.29. The maximum atomic E-state index is 11.0. The van der Waals surface area contributed by atoms with Gasteiger partial charge in [0.05, 0.1) is 7.11 Å². The second kappa shape index (κ2) is 5.47.